The highest BCUT2D eigenvalue weighted by atomic mass is 16.5. The smallest absolute Gasteiger partial charge is 0.328 e. The van der Waals surface area contributed by atoms with E-state index in [-0.39, 0.29) is 5.91 Å². The minimum absolute atomic E-state index is 0.143. The fourth-order valence-electron chi connectivity index (χ4n) is 1.97. The first-order chi connectivity index (χ1) is 12.4. The van der Waals surface area contributed by atoms with Crippen molar-refractivity contribution in [1.29, 1.82) is 0 Å². The Hall–Kier alpha value is -3.49. The molecule has 136 valence electrons. The number of nitrogens with zero attached hydrogens (tertiary/aromatic N) is 1. The number of hydrogen-bond acceptors (Lipinski definition) is 6. The molecule has 2 aromatic rings. The van der Waals surface area contributed by atoms with Gasteiger partial charge in [0.05, 0.1) is 0 Å². The average Bonchev–Trinajstić information content (AvgIpc) is 2.62. The van der Waals surface area contributed by atoms with E-state index >= 15 is 0 Å². The van der Waals surface area contributed by atoms with Gasteiger partial charge in [0.1, 0.15) is 6.54 Å². The fourth-order valence-corrected chi connectivity index (χ4v) is 1.97. The van der Waals surface area contributed by atoms with Gasteiger partial charge in [0, 0.05) is 29.9 Å². The Labute approximate surface area is 147 Å². The first kappa shape index (κ1) is 18.8. The molecule has 0 spiro atoms. The summed E-state index contributed by atoms with van der Waals surface area (Å²) in [5, 5.41) is 2.65. The highest BCUT2D eigenvalue weighted by molar-refractivity contribution is 5.98. The number of H-pyrrole nitrogens is 1. The summed E-state index contributed by atoms with van der Waals surface area (Å²) in [5.41, 5.74) is -0.449. The van der Waals surface area contributed by atoms with Gasteiger partial charge in [-0.2, -0.15) is 0 Å². The van der Waals surface area contributed by atoms with Crippen LogP contribution in [0.4, 0.5) is 5.69 Å². The average molecular weight is 359 g/mol. The van der Waals surface area contributed by atoms with Crippen molar-refractivity contribution in [3.05, 3.63) is 62.9 Å². The van der Waals surface area contributed by atoms with Gasteiger partial charge in [-0.1, -0.05) is 6.92 Å². The Morgan fingerprint density at radius 1 is 1.12 bits per heavy atom. The van der Waals surface area contributed by atoms with E-state index < -0.39 is 36.2 Å². The molecule has 26 heavy (non-hydrogen) atoms. The highest BCUT2D eigenvalue weighted by Crippen LogP contribution is 2.10. The molecule has 0 aliphatic carbocycles. The molecule has 2 N–H and O–H groups in total. The van der Waals surface area contributed by atoms with Crippen LogP contribution in [0.2, 0.25) is 0 Å². The zero-order valence-corrected chi connectivity index (χ0v) is 14.0. The van der Waals surface area contributed by atoms with Crippen molar-refractivity contribution in [1.82, 2.24) is 9.55 Å². The van der Waals surface area contributed by atoms with Gasteiger partial charge in [-0.15, -0.1) is 0 Å². The lowest BCUT2D eigenvalue weighted by molar-refractivity contribution is -0.143. The minimum atomic E-state index is -0.792. The molecule has 1 aromatic carbocycles. The van der Waals surface area contributed by atoms with Gasteiger partial charge in [-0.25, -0.2) is 4.79 Å². The lowest BCUT2D eigenvalue weighted by atomic mass is 10.1. The maximum Gasteiger partial charge on any atom is 0.328 e. The molecular weight excluding hydrogens is 342 g/mol. The second kappa shape index (κ2) is 8.56. The minimum Gasteiger partial charge on any atom is -0.456 e. The molecule has 0 bridgehead atoms. The van der Waals surface area contributed by atoms with E-state index in [2.05, 4.69) is 5.32 Å². The normalized spacial score (nSPS) is 10.2. The van der Waals surface area contributed by atoms with Crippen LogP contribution in [0, 0.1) is 0 Å². The van der Waals surface area contributed by atoms with Crippen molar-refractivity contribution in [3.63, 3.8) is 0 Å². The van der Waals surface area contributed by atoms with Gasteiger partial charge >= 0.3 is 11.7 Å². The van der Waals surface area contributed by atoms with Crippen LogP contribution >= 0.6 is 0 Å². The second-order valence-electron chi connectivity index (χ2n) is 5.30. The number of ether oxygens (including phenoxy) is 1. The van der Waals surface area contributed by atoms with Gasteiger partial charge in [0.25, 0.3) is 5.56 Å². The van der Waals surface area contributed by atoms with Gasteiger partial charge < -0.3 is 10.1 Å². The molecular formula is C17H17N3O6. The second-order valence-corrected chi connectivity index (χ2v) is 5.30. The molecule has 0 unspecified atom stereocenters. The molecule has 0 radical (unpaired) electrons. The summed E-state index contributed by atoms with van der Waals surface area (Å²) in [4.78, 5) is 59.5. The number of aromatic amines is 1. The number of esters is 1. The van der Waals surface area contributed by atoms with Crippen LogP contribution in [-0.2, 0) is 20.9 Å². The number of benzene rings is 1. The summed E-state index contributed by atoms with van der Waals surface area (Å²) in [6.07, 6.45) is 1.50. The summed E-state index contributed by atoms with van der Waals surface area (Å²) in [5.74, 6) is -1.37. The number of amides is 1. The maximum absolute atomic E-state index is 12.0. The summed E-state index contributed by atoms with van der Waals surface area (Å²) >= 11 is 0. The topological polar surface area (TPSA) is 127 Å². The van der Waals surface area contributed by atoms with Crippen LogP contribution in [0.15, 0.2) is 46.1 Å². The quantitative estimate of drug-likeness (QED) is 0.541. The van der Waals surface area contributed by atoms with Gasteiger partial charge in [-0.3, -0.25) is 28.7 Å². The third-order valence-corrected chi connectivity index (χ3v) is 3.37. The Bertz CT molecular complexity index is 927. The molecule has 9 nitrogen and oxygen atoms in total. The monoisotopic (exact) mass is 359 g/mol. The molecule has 1 amide bonds. The van der Waals surface area contributed by atoms with E-state index in [0.29, 0.717) is 17.7 Å². The lowest BCUT2D eigenvalue weighted by Crippen LogP contribution is -2.31. The molecule has 0 saturated carbocycles. The number of Topliss-reactive ketones (excluding diaryl/α,β-unsaturated/α-hetero) is 1. The number of nitrogens with one attached hydrogen (secondary N) is 2. The van der Waals surface area contributed by atoms with Crippen molar-refractivity contribution in [2.24, 2.45) is 0 Å². The molecule has 0 fully saturated rings. The number of ketones is 1. The standard InChI is InChI=1S/C17H17N3O6/c1-2-14(22)18-12-5-3-11(4-6-12)13(21)10-26-16(24)9-20-8-7-15(23)19-17(20)25/h3-8H,2,9-10H2,1H3,(H,18,22)(H,19,23,25). The van der Waals surface area contributed by atoms with Crippen LogP contribution in [0.25, 0.3) is 0 Å². The number of anilines is 1. The van der Waals surface area contributed by atoms with Crippen molar-refractivity contribution in [2.45, 2.75) is 19.9 Å². The summed E-state index contributed by atoms with van der Waals surface area (Å²) in [7, 11) is 0. The maximum atomic E-state index is 12.0. The van der Waals surface area contributed by atoms with Gasteiger partial charge in [0.15, 0.2) is 12.4 Å². The third kappa shape index (κ3) is 5.26. The third-order valence-electron chi connectivity index (χ3n) is 3.37. The lowest BCUT2D eigenvalue weighted by Gasteiger charge is -2.07. The van der Waals surface area contributed by atoms with Crippen molar-refractivity contribution in [3.8, 4) is 0 Å². The number of hydrogen-bond donors (Lipinski definition) is 2. The molecule has 0 saturated heterocycles. The van der Waals surface area contributed by atoms with Crippen LogP contribution < -0.4 is 16.6 Å². The van der Waals surface area contributed by atoms with Crippen molar-refractivity contribution < 1.29 is 19.1 Å². The molecule has 0 atom stereocenters. The molecule has 9 heteroatoms. The van der Waals surface area contributed by atoms with E-state index in [9.17, 15) is 24.0 Å². The van der Waals surface area contributed by atoms with Crippen LogP contribution in [-0.4, -0.2) is 33.8 Å². The largest absolute Gasteiger partial charge is 0.456 e. The molecule has 0 aliphatic heterocycles. The molecule has 2 rings (SSSR count). The van der Waals surface area contributed by atoms with E-state index in [1.54, 1.807) is 19.1 Å². The van der Waals surface area contributed by atoms with Gasteiger partial charge in [-0.05, 0) is 24.3 Å². The van der Waals surface area contributed by atoms with Crippen LogP contribution in [0.1, 0.15) is 23.7 Å². The number of rotatable bonds is 7. The van der Waals surface area contributed by atoms with Crippen molar-refractivity contribution >= 4 is 23.3 Å². The summed E-state index contributed by atoms with van der Waals surface area (Å²) in [6, 6.07) is 7.26. The predicted octanol–water partition coefficient (Wildman–Crippen LogP) is 0.311. The van der Waals surface area contributed by atoms with Crippen LogP contribution in [0.5, 0.6) is 0 Å². The Balaban J connectivity index is 1.89. The summed E-state index contributed by atoms with van der Waals surface area (Å²) in [6.45, 7) is 0.811. The van der Waals surface area contributed by atoms with E-state index in [1.807, 2.05) is 4.98 Å². The van der Waals surface area contributed by atoms with Gasteiger partial charge in [0.2, 0.25) is 5.91 Å². The Morgan fingerprint density at radius 2 is 1.81 bits per heavy atom. The predicted molar refractivity (Wildman–Crippen MR) is 92.0 cm³/mol. The zero-order chi connectivity index (χ0) is 19.1. The van der Waals surface area contributed by atoms with E-state index in [1.165, 1.54) is 12.1 Å². The first-order valence-corrected chi connectivity index (χ1v) is 7.77. The van der Waals surface area contributed by atoms with Crippen LogP contribution in [0.3, 0.4) is 0 Å². The highest BCUT2D eigenvalue weighted by Gasteiger charge is 2.11. The number of carbonyl (C=O) groups is 3. The zero-order valence-electron chi connectivity index (χ0n) is 14.0. The Kier molecular flexibility index (Phi) is 6.20. The van der Waals surface area contributed by atoms with E-state index in [4.69, 9.17) is 4.74 Å². The molecule has 1 heterocycles. The SMILES string of the molecule is CCC(=O)Nc1ccc(C(=O)COC(=O)Cn2ccc(=O)[nH]c2=O)cc1. The number of carbonyl (C=O) groups excluding carboxylic acids is 3. The molecule has 1 aromatic heterocycles. The fraction of sp³-hybridized carbons (Fsp3) is 0.235. The van der Waals surface area contributed by atoms with Crippen molar-refractivity contribution in [2.75, 3.05) is 11.9 Å². The van der Waals surface area contributed by atoms with E-state index in [0.717, 1.165) is 16.8 Å². The molecule has 0 aliphatic rings. The Morgan fingerprint density at radius 3 is 2.42 bits per heavy atom. The first-order valence-electron chi connectivity index (χ1n) is 7.77. The number of aromatic nitrogens is 2. The summed E-state index contributed by atoms with van der Waals surface area (Å²) < 4.78 is 5.81.